The Balaban J connectivity index is 1.85. The van der Waals surface area contributed by atoms with E-state index in [2.05, 4.69) is 0 Å². The van der Waals surface area contributed by atoms with E-state index in [1.165, 1.54) is 6.07 Å². The molecular formula is C26H25NO4. The lowest BCUT2D eigenvalue weighted by molar-refractivity contribution is -0.118. The molecule has 0 fully saturated rings. The molecule has 3 rings (SSSR count). The van der Waals surface area contributed by atoms with Crippen molar-refractivity contribution in [3.05, 3.63) is 101 Å². The number of para-hydroxylation sites is 1. The molecule has 3 aromatic carbocycles. The van der Waals surface area contributed by atoms with Crippen molar-refractivity contribution in [2.45, 2.75) is 32.7 Å². The molecule has 0 aliphatic carbocycles. The van der Waals surface area contributed by atoms with Gasteiger partial charge in [0.05, 0.1) is 12.1 Å². The quantitative estimate of drug-likeness (QED) is 0.491. The Hall–Kier alpha value is -3.73. The number of carboxylic acids is 1. The second kappa shape index (κ2) is 10.3. The van der Waals surface area contributed by atoms with E-state index < -0.39 is 5.97 Å². The minimum atomic E-state index is -1.01. The van der Waals surface area contributed by atoms with Crippen LogP contribution in [0.1, 0.15) is 51.6 Å². The number of hydrogen-bond donors (Lipinski definition) is 1. The molecule has 3 aromatic rings. The van der Waals surface area contributed by atoms with Crippen LogP contribution in [0.2, 0.25) is 0 Å². The zero-order valence-electron chi connectivity index (χ0n) is 17.5. The number of aromatic carboxylic acids is 1. The van der Waals surface area contributed by atoms with Crippen LogP contribution in [0.25, 0.3) is 0 Å². The first-order chi connectivity index (χ1) is 15.0. The van der Waals surface area contributed by atoms with E-state index in [9.17, 15) is 19.5 Å². The molecule has 0 spiro atoms. The average Bonchev–Trinajstić information content (AvgIpc) is 2.81. The number of carboxylic acid groups (broad SMARTS) is 1. The fraction of sp³-hybridized carbons (Fsp3) is 0.192. The maximum atomic E-state index is 13.2. The molecule has 158 valence electrons. The largest absolute Gasteiger partial charge is 0.478 e. The van der Waals surface area contributed by atoms with Crippen LogP contribution in [-0.2, 0) is 17.8 Å². The topological polar surface area (TPSA) is 74.7 Å². The maximum Gasteiger partial charge on any atom is 0.335 e. The van der Waals surface area contributed by atoms with Crippen molar-refractivity contribution in [3.8, 4) is 0 Å². The SMILES string of the molecule is CCc1ccccc1N(Cc1cccc(C(=O)O)c1)C(=O)CCC(=O)c1ccccc1. The molecule has 0 bridgehead atoms. The van der Waals surface area contributed by atoms with Gasteiger partial charge in [0.25, 0.3) is 0 Å². The number of ketones is 1. The van der Waals surface area contributed by atoms with Gasteiger partial charge in [-0.05, 0) is 35.7 Å². The minimum Gasteiger partial charge on any atom is -0.478 e. The first-order valence-electron chi connectivity index (χ1n) is 10.3. The fourth-order valence-corrected chi connectivity index (χ4v) is 3.49. The first-order valence-corrected chi connectivity index (χ1v) is 10.3. The van der Waals surface area contributed by atoms with Crippen LogP contribution in [-0.4, -0.2) is 22.8 Å². The summed E-state index contributed by atoms with van der Waals surface area (Å²) in [5, 5.41) is 9.29. The predicted octanol–water partition coefficient (Wildman–Crippen LogP) is 5.14. The third-order valence-electron chi connectivity index (χ3n) is 5.14. The van der Waals surface area contributed by atoms with Crippen molar-refractivity contribution in [1.29, 1.82) is 0 Å². The third-order valence-corrected chi connectivity index (χ3v) is 5.14. The van der Waals surface area contributed by atoms with Gasteiger partial charge in [0.15, 0.2) is 5.78 Å². The Morgan fingerprint density at radius 2 is 1.48 bits per heavy atom. The summed E-state index contributed by atoms with van der Waals surface area (Å²) >= 11 is 0. The van der Waals surface area contributed by atoms with Crippen molar-refractivity contribution in [3.63, 3.8) is 0 Å². The summed E-state index contributed by atoms with van der Waals surface area (Å²) in [6, 6.07) is 23.2. The van der Waals surface area contributed by atoms with Crippen molar-refractivity contribution in [2.75, 3.05) is 4.90 Å². The molecule has 0 saturated heterocycles. The lowest BCUT2D eigenvalue weighted by Crippen LogP contribution is -2.31. The number of aryl methyl sites for hydroxylation is 1. The summed E-state index contributed by atoms with van der Waals surface area (Å²) in [6.07, 6.45) is 0.936. The zero-order chi connectivity index (χ0) is 22.2. The molecule has 0 aliphatic rings. The molecule has 1 amide bonds. The second-order valence-corrected chi connectivity index (χ2v) is 7.26. The molecule has 0 heterocycles. The molecule has 1 N–H and O–H groups in total. The van der Waals surface area contributed by atoms with Crippen LogP contribution in [0.15, 0.2) is 78.9 Å². The Kier molecular flexibility index (Phi) is 7.33. The highest BCUT2D eigenvalue weighted by molar-refractivity contribution is 6.01. The van der Waals surface area contributed by atoms with Gasteiger partial charge in [-0.3, -0.25) is 9.59 Å². The number of amides is 1. The molecule has 0 aromatic heterocycles. The summed E-state index contributed by atoms with van der Waals surface area (Å²) in [4.78, 5) is 38.7. The molecule has 0 saturated carbocycles. The predicted molar refractivity (Wildman–Crippen MR) is 120 cm³/mol. The van der Waals surface area contributed by atoms with Crippen LogP contribution < -0.4 is 4.90 Å². The van der Waals surface area contributed by atoms with Crippen molar-refractivity contribution in [2.24, 2.45) is 0 Å². The highest BCUT2D eigenvalue weighted by atomic mass is 16.4. The Morgan fingerprint density at radius 3 is 2.19 bits per heavy atom. The zero-order valence-corrected chi connectivity index (χ0v) is 17.5. The van der Waals surface area contributed by atoms with Crippen LogP contribution in [0, 0.1) is 0 Å². The highest BCUT2D eigenvalue weighted by Gasteiger charge is 2.20. The molecular weight excluding hydrogens is 390 g/mol. The number of rotatable bonds is 9. The van der Waals surface area contributed by atoms with E-state index in [1.54, 1.807) is 47.4 Å². The number of carbonyl (C=O) groups is 3. The summed E-state index contributed by atoms with van der Waals surface area (Å²) in [5.41, 5.74) is 3.27. The average molecular weight is 415 g/mol. The smallest absolute Gasteiger partial charge is 0.335 e. The van der Waals surface area contributed by atoms with E-state index in [0.29, 0.717) is 11.1 Å². The second-order valence-electron chi connectivity index (χ2n) is 7.26. The van der Waals surface area contributed by atoms with E-state index in [1.807, 2.05) is 37.3 Å². The Bertz CT molecular complexity index is 1080. The maximum absolute atomic E-state index is 13.2. The summed E-state index contributed by atoms with van der Waals surface area (Å²) < 4.78 is 0. The Labute approximate surface area is 182 Å². The molecule has 0 radical (unpaired) electrons. The summed E-state index contributed by atoms with van der Waals surface area (Å²) in [6.45, 7) is 2.25. The molecule has 5 heteroatoms. The van der Waals surface area contributed by atoms with E-state index in [-0.39, 0.29) is 36.6 Å². The van der Waals surface area contributed by atoms with Crippen LogP contribution in [0.3, 0.4) is 0 Å². The van der Waals surface area contributed by atoms with Gasteiger partial charge in [-0.15, -0.1) is 0 Å². The van der Waals surface area contributed by atoms with Gasteiger partial charge in [-0.1, -0.05) is 67.6 Å². The molecule has 0 unspecified atom stereocenters. The number of hydrogen-bond acceptors (Lipinski definition) is 3. The summed E-state index contributed by atoms with van der Waals surface area (Å²) in [7, 11) is 0. The fourth-order valence-electron chi connectivity index (χ4n) is 3.49. The van der Waals surface area contributed by atoms with Gasteiger partial charge in [-0.2, -0.15) is 0 Å². The van der Waals surface area contributed by atoms with Crippen LogP contribution in [0.5, 0.6) is 0 Å². The van der Waals surface area contributed by atoms with Gasteiger partial charge < -0.3 is 10.0 Å². The lowest BCUT2D eigenvalue weighted by Gasteiger charge is -2.25. The molecule has 5 nitrogen and oxygen atoms in total. The van der Waals surface area contributed by atoms with Crippen LogP contribution in [0.4, 0.5) is 5.69 Å². The number of Topliss-reactive ketones (excluding diaryl/α,β-unsaturated/α-hetero) is 1. The van der Waals surface area contributed by atoms with E-state index >= 15 is 0 Å². The minimum absolute atomic E-state index is 0.0738. The molecule has 0 aliphatic heterocycles. The summed E-state index contributed by atoms with van der Waals surface area (Å²) in [5.74, 6) is -1.27. The van der Waals surface area contributed by atoms with Gasteiger partial charge in [0, 0.05) is 24.1 Å². The first kappa shape index (κ1) is 22.0. The number of anilines is 1. The van der Waals surface area contributed by atoms with E-state index in [0.717, 1.165) is 17.7 Å². The van der Waals surface area contributed by atoms with Gasteiger partial charge in [-0.25, -0.2) is 4.79 Å². The Morgan fingerprint density at radius 1 is 0.806 bits per heavy atom. The third kappa shape index (κ3) is 5.66. The monoisotopic (exact) mass is 415 g/mol. The molecule has 31 heavy (non-hydrogen) atoms. The number of nitrogens with zero attached hydrogens (tertiary/aromatic N) is 1. The molecule has 0 atom stereocenters. The normalized spacial score (nSPS) is 10.5. The van der Waals surface area contributed by atoms with E-state index in [4.69, 9.17) is 0 Å². The number of benzene rings is 3. The van der Waals surface area contributed by atoms with Gasteiger partial charge >= 0.3 is 5.97 Å². The van der Waals surface area contributed by atoms with Crippen molar-refractivity contribution in [1.82, 2.24) is 0 Å². The standard InChI is InChI=1S/C26H25NO4/c1-2-20-10-6-7-14-23(20)27(18-19-9-8-13-22(17-19)26(30)31)25(29)16-15-24(28)21-11-4-3-5-12-21/h3-14,17H,2,15-16,18H2,1H3,(H,30,31). The van der Waals surface area contributed by atoms with Gasteiger partial charge in [0.1, 0.15) is 0 Å². The lowest BCUT2D eigenvalue weighted by atomic mass is 10.0. The highest BCUT2D eigenvalue weighted by Crippen LogP contribution is 2.25. The van der Waals surface area contributed by atoms with Crippen molar-refractivity contribution >= 4 is 23.3 Å². The number of carbonyl (C=O) groups excluding carboxylic acids is 2. The van der Waals surface area contributed by atoms with Crippen molar-refractivity contribution < 1.29 is 19.5 Å². The van der Waals surface area contributed by atoms with Crippen LogP contribution >= 0.6 is 0 Å². The van der Waals surface area contributed by atoms with Gasteiger partial charge in [0.2, 0.25) is 5.91 Å².